The summed E-state index contributed by atoms with van der Waals surface area (Å²) in [7, 11) is 3.15. The lowest BCUT2D eigenvalue weighted by atomic mass is 9.88. The summed E-state index contributed by atoms with van der Waals surface area (Å²) >= 11 is 1.19. The minimum Gasteiger partial charge on any atom is -0.497 e. The molecule has 2 N–H and O–H groups in total. The Morgan fingerprint density at radius 3 is 2.55 bits per heavy atom. The second-order valence-electron chi connectivity index (χ2n) is 6.63. The zero-order valence-corrected chi connectivity index (χ0v) is 16.7. The van der Waals surface area contributed by atoms with Crippen molar-refractivity contribution in [3.63, 3.8) is 0 Å². The second-order valence-corrected chi connectivity index (χ2v) is 7.68. The molecule has 1 amide bonds. The van der Waals surface area contributed by atoms with Crippen LogP contribution in [0.15, 0.2) is 48.5 Å². The van der Waals surface area contributed by atoms with Gasteiger partial charge in [0, 0.05) is 28.3 Å². The molecule has 0 bridgehead atoms. The van der Waals surface area contributed by atoms with Gasteiger partial charge < -0.3 is 19.9 Å². The van der Waals surface area contributed by atoms with E-state index in [0.717, 1.165) is 16.0 Å². The van der Waals surface area contributed by atoms with Crippen LogP contribution in [0.2, 0.25) is 0 Å². The van der Waals surface area contributed by atoms with Crippen LogP contribution in [0.4, 0.5) is 5.69 Å². The molecule has 4 rings (SSSR count). The van der Waals surface area contributed by atoms with Crippen molar-refractivity contribution in [1.29, 1.82) is 0 Å². The van der Waals surface area contributed by atoms with Crippen molar-refractivity contribution in [3.8, 4) is 22.6 Å². The summed E-state index contributed by atoms with van der Waals surface area (Å²) in [5.74, 6) is -0.243. The third-order valence-corrected chi connectivity index (χ3v) is 6.27. The molecule has 3 aromatic rings. The molecule has 2 heterocycles. The number of rotatable bonds is 5. The summed E-state index contributed by atoms with van der Waals surface area (Å²) in [6, 6.07) is 14.7. The van der Waals surface area contributed by atoms with E-state index in [4.69, 9.17) is 9.47 Å². The van der Waals surface area contributed by atoms with Gasteiger partial charge in [-0.15, -0.1) is 11.3 Å². The number of hydrogen-bond donors (Lipinski definition) is 2. The van der Waals surface area contributed by atoms with Crippen LogP contribution >= 0.6 is 11.3 Å². The van der Waals surface area contributed by atoms with E-state index in [1.54, 1.807) is 26.4 Å². The number of thiophene rings is 1. The fraction of sp³-hybridized carbons (Fsp3) is 0.182. The average molecular weight is 409 g/mol. The van der Waals surface area contributed by atoms with Gasteiger partial charge >= 0.3 is 5.97 Å². The number of benzene rings is 2. The van der Waals surface area contributed by atoms with Crippen LogP contribution in [0.1, 0.15) is 32.5 Å². The maximum absolute atomic E-state index is 12.6. The van der Waals surface area contributed by atoms with Crippen molar-refractivity contribution in [2.75, 3.05) is 19.5 Å². The van der Waals surface area contributed by atoms with Gasteiger partial charge in [-0.05, 0) is 23.8 Å². The Kier molecular flexibility index (Phi) is 4.98. The van der Waals surface area contributed by atoms with Crippen LogP contribution in [0.5, 0.6) is 11.5 Å². The molecule has 1 aliphatic rings. The zero-order valence-electron chi connectivity index (χ0n) is 15.9. The molecule has 0 spiro atoms. The van der Waals surface area contributed by atoms with Gasteiger partial charge in [0.15, 0.2) is 0 Å². The number of carbonyl (C=O) groups excluding carboxylic acids is 1. The molecule has 7 heteroatoms. The van der Waals surface area contributed by atoms with Crippen LogP contribution in [-0.4, -0.2) is 31.2 Å². The van der Waals surface area contributed by atoms with Crippen LogP contribution in [-0.2, 0) is 4.79 Å². The van der Waals surface area contributed by atoms with Crippen molar-refractivity contribution in [2.45, 2.75) is 12.3 Å². The Morgan fingerprint density at radius 2 is 1.90 bits per heavy atom. The first-order valence-corrected chi connectivity index (χ1v) is 9.82. The molecule has 0 radical (unpaired) electrons. The third kappa shape index (κ3) is 3.34. The zero-order chi connectivity index (χ0) is 20.5. The number of methoxy groups -OCH3 is 2. The predicted octanol–water partition coefficient (Wildman–Crippen LogP) is 4.60. The highest BCUT2D eigenvalue weighted by Gasteiger charge is 2.35. The Hall–Kier alpha value is -3.32. The van der Waals surface area contributed by atoms with E-state index in [1.807, 2.05) is 36.4 Å². The molecule has 0 saturated heterocycles. The predicted molar refractivity (Wildman–Crippen MR) is 111 cm³/mol. The fourth-order valence-corrected chi connectivity index (χ4v) is 4.92. The Morgan fingerprint density at radius 1 is 1.14 bits per heavy atom. The first kappa shape index (κ1) is 19.0. The maximum Gasteiger partial charge on any atom is 0.346 e. The van der Waals surface area contributed by atoms with Crippen molar-refractivity contribution >= 4 is 28.9 Å². The van der Waals surface area contributed by atoms with E-state index in [-0.39, 0.29) is 23.1 Å². The van der Waals surface area contributed by atoms with E-state index in [9.17, 15) is 14.7 Å². The van der Waals surface area contributed by atoms with E-state index in [0.29, 0.717) is 22.7 Å². The van der Waals surface area contributed by atoms with E-state index in [1.165, 1.54) is 11.3 Å². The number of carbonyl (C=O) groups is 2. The van der Waals surface area contributed by atoms with Gasteiger partial charge in [0.2, 0.25) is 5.91 Å². The number of fused-ring (bicyclic) bond motifs is 1. The molecule has 29 heavy (non-hydrogen) atoms. The number of ether oxygens (including phenoxy) is 2. The number of hydrogen-bond acceptors (Lipinski definition) is 5. The van der Waals surface area contributed by atoms with Crippen LogP contribution in [0.3, 0.4) is 0 Å². The number of carboxylic acid groups (broad SMARTS) is 1. The van der Waals surface area contributed by atoms with Crippen molar-refractivity contribution in [3.05, 3.63) is 63.8 Å². The quantitative estimate of drug-likeness (QED) is 0.643. The van der Waals surface area contributed by atoms with Gasteiger partial charge in [-0.3, -0.25) is 4.79 Å². The monoisotopic (exact) mass is 409 g/mol. The molecule has 0 saturated carbocycles. The maximum atomic E-state index is 12.6. The van der Waals surface area contributed by atoms with Gasteiger partial charge in [0.25, 0.3) is 0 Å². The molecule has 2 aromatic carbocycles. The molecular formula is C22H19NO5S. The third-order valence-electron chi connectivity index (χ3n) is 4.97. The minimum absolute atomic E-state index is 0.167. The number of aromatic carboxylic acids is 1. The number of anilines is 1. The summed E-state index contributed by atoms with van der Waals surface area (Å²) in [4.78, 5) is 25.6. The fourth-order valence-electron chi connectivity index (χ4n) is 3.68. The second kappa shape index (κ2) is 7.60. The van der Waals surface area contributed by atoms with Gasteiger partial charge in [0.05, 0.1) is 19.9 Å². The largest absolute Gasteiger partial charge is 0.497 e. The van der Waals surface area contributed by atoms with Crippen LogP contribution < -0.4 is 14.8 Å². The normalized spacial score (nSPS) is 15.4. The first-order chi connectivity index (χ1) is 14.0. The highest BCUT2D eigenvalue weighted by molar-refractivity contribution is 7.15. The van der Waals surface area contributed by atoms with Crippen LogP contribution in [0, 0.1) is 0 Å². The molecule has 1 aromatic heterocycles. The Labute approximate surface area is 171 Å². The van der Waals surface area contributed by atoms with Gasteiger partial charge in [-0.1, -0.05) is 30.3 Å². The van der Waals surface area contributed by atoms with Crippen molar-refractivity contribution < 1.29 is 24.2 Å². The van der Waals surface area contributed by atoms with Gasteiger partial charge in [-0.25, -0.2) is 4.79 Å². The average Bonchev–Trinajstić information content (AvgIpc) is 3.13. The number of amides is 1. The highest BCUT2D eigenvalue weighted by Crippen LogP contribution is 2.51. The van der Waals surface area contributed by atoms with E-state index < -0.39 is 5.97 Å². The van der Waals surface area contributed by atoms with Crippen LogP contribution in [0.25, 0.3) is 11.1 Å². The Balaban J connectivity index is 1.96. The van der Waals surface area contributed by atoms with Crippen molar-refractivity contribution in [2.24, 2.45) is 0 Å². The van der Waals surface area contributed by atoms with E-state index in [2.05, 4.69) is 5.32 Å². The molecule has 0 unspecified atom stereocenters. The molecule has 0 fully saturated rings. The number of nitrogens with one attached hydrogen (secondary N) is 1. The summed E-state index contributed by atoms with van der Waals surface area (Å²) in [6.45, 7) is 0. The molecule has 1 aliphatic heterocycles. The lowest BCUT2D eigenvalue weighted by Gasteiger charge is -2.25. The lowest BCUT2D eigenvalue weighted by Crippen LogP contribution is -2.22. The summed E-state index contributed by atoms with van der Waals surface area (Å²) in [5.41, 5.74) is 2.64. The summed E-state index contributed by atoms with van der Waals surface area (Å²) in [6.07, 6.45) is 0.199. The van der Waals surface area contributed by atoms with Gasteiger partial charge in [0.1, 0.15) is 16.4 Å². The minimum atomic E-state index is -1.02. The standard InChI is InChI=1S/C22H19NO5S/c1-27-13-8-9-16(28-2)14(10-13)15-11-17(24)23-19-18(12-6-4-3-5-7-12)21(22(25)26)29-20(15)19/h3-10,15H,11H2,1-2H3,(H,23,24)(H,25,26)/t15-/m0/s1. The molecule has 0 aliphatic carbocycles. The lowest BCUT2D eigenvalue weighted by molar-refractivity contribution is -0.116. The highest BCUT2D eigenvalue weighted by atomic mass is 32.1. The topological polar surface area (TPSA) is 84.9 Å². The molecule has 6 nitrogen and oxygen atoms in total. The first-order valence-electron chi connectivity index (χ1n) is 9.00. The van der Waals surface area contributed by atoms with E-state index >= 15 is 0 Å². The SMILES string of the molecule is COc1ccc(OC)c([C@@H]2CC(=O)Nc3c2sc(C(=O)O)c3-c2ccccc2)c1. The molecule has 1 atom stereocenters. The molecular weight excluding hydrogens is 390 g/mol. The molecule has 148 valence electrons. The smallest absolute Gasteiger partial charge is 0.346 e. The summed E-state index contributed by atoms with van der Waals surface area (Å²) in [5, 5.41) is 12.7. The Bertz CT molecular complexity index is 1090. The van der Waals surface area contributed by atoms with Gasteiger partial charge in [-0.2, -0.15) is 0 Å². The summed E-state index contributed by atoms with van der Waals surface area (Å²) < 4.78 is 10.9. The van der Waals surface area contributed by atoms with Crippen molar-refractivity contribution in [1.82, 2.24) is 0 Å². The number of carboxylic acids is 1.